The molecule has 1 aliphatic rings. The van der Waals surface area contributed by atoms with Crippen LogP contribution < -0.4 is 0 Å². The number of H-pyrrole nitrogens is 1. The van der Waals surface area contributed by atoms with E-state index in [1.165, 1.54) is 18.4 Å². The van der Waals surface area contributed by atoms with Crippen molar-refractivity contribution in [2.75, 3.05) is 13.1 Å². The first-order valence-electron chi connectivity index (χ1n) is 10.7. The van der Waals surface area contributed by atoms with E-state index in [-0.39, 0.29) is 0 Å². The molecule has 5 rings (SSSR count). The molecule has 0 spiro atoms. The second kappa shape index (κ2) is 8.64. The van der Waals surface area contributed by atoms with Crippen molar-refractivity contribution in [3.05, 3.63) is 96.6 Å². The molecule has 0 saturated carbocycles. The minimum Gasteiger partial charge on any atom is -0.348 e. The second-order valence-electron chi connectivity index (χ2n) is 8.03. The van der Waals surface area contributed by atoms with Gasteiger partial charge in [-0.1, -0.05) is 60.7 Å². The third-order valence-electron chi connectivity index (χ3n) is 5.87. The molecule has 2 aromatic carbocycles. The average molecular weight is 395 g/mol. The van der Waals surface area contributed by atoms with Crippen LogP contribution in [0.15, 0.2) is 85.2 Å². The van der Waals surface area contributed by atoms with Crippen LogP contribution >= 0.6 is 0 Å². The Morgan fingerprint density at radius 3 is 2.43 bits per heavy atom. The minimum atomic E-state index is 0.452. The molecule has 1 aliphatic heterocycles. The van der Waals surface area contributed by atoms with Gasteiger partial charge in [0.25, 0.3) is 0 Å². The van der Waals surface area contributed by atoms with Gasteiger partial charge in [0.15, 0.2) is 0 Å². The van der Waals surface area contributed by atoms with Crippen LogP contribution in [0.4, 0.5) is 0 Å². The predicted molar refractivity (Wildman–Crippen MR) is 121 cm³/mol. The Labute approximate surface area is 177 Å². The van der Waals surface area contributed by atoms with Gasteiger partial charge in [-0.05, 0) is 37.1 Å². The summed E-state index contributed by atoms with van der Waals surface area (Å²) >= 11 is 0. The van der Waals surface area contributed by atoms with E-state index in [0.717, 1.165) is 48.0 Å². The van der Waals surface area contributed by atoms with Gasteiger partial charge in [-0.2, -0.15) is 0 Å². The highest BCUT2D eigenvalue weighted by molar-refractivity contribution is 5.64. The van der Waals surface area contributed by atoms with Gasteiger partial charge >= 0.3 is 0 Å². The van der Waals surface area contributed by atoms with Crippen LogP contribution in [0.1, 0.15) is 30.1 Å². The van der Waals surface area contributed by atoms with Crippen molar-refractivity contribution in [2.45, 2.75) is 25.3 Å². The van der Waals surface area contributed by atoms with Crippen molar-refractivity contribution in [1.29, 1.82) is 0 Å². The summed E-state index contributed by atoms with van der Waals surface area (Å²) in [5.74, 6) is 1.54. The number of piperidine rings is 1. The van der Waals surface area contributed by atoms with Crippen LogP contribution in [-0.2, 0) is 6.54 Å². The van der Waals surface area contributed by atoms with E-state index < -0.39 is 0 Å². The lowest BCUT2D eigenvalue weighted by Crippen LogP contribution is -2.34. The van der Waals surface area contributed by atoms with Gasteiger partial charge in [0.1, 0.15) is 5.82 Å². The largest absolute Gasteiger partial charge is 0.348 e. The summed E-state index contributed by atoms with van der Waals surface area (Å²) in [6, 6.07) is 25.2. The zero-order chi connectivity index (χ0) is 20.2. The van der Waals surface area contributed by atoms with E-state index in [4.69, 9.17) is 4.98 Å². The molecule has 1 N–H and O–H groups in total. The molecule has 0 amide bonds. The topological polar surface area (TPSA) is 44.8 Å². The highest BCUT2D eigenvalue weighted by Gasteiger charge is 2.23. The van der Waals surface area contributed by atoms with Gasteiger partial charge in [-0.3, -0.25) is 9.88 Å². The molecule has 30 heavy (non-hydrogen) atoms. The average Bonchev–Trinajstić information content (AvgIpc) is 3.31. The Morgan fingerprint density at radius 2 is 1.67 bits per heavy atom. The molecule has 3 heterocycles. The summed E-state index contributed by atoms with van der Waals surface area (Å²) in [5, 5.41) is 0. The molecule has 150 valence electrons. The first kappa shape index (κ1) is 18.8. The molecule has 1 atom stereocenters. The quantitative estimate of drug-likeness (QED) is 0.485. The number of nitrogens with one attached hydrogen (secondary N) is 1. The lowest BCUT2D eigenvalue weighted by Gasteiger charge is -2.31. The monoisotopic (exact) mass is 394 g/mol. The van der Waals surface area contributed by atoms with Gasteiger partial charge in [0.2, 0.25) is 0 Å². The fraction of sp³-hybridized carbons (Fsp3) is 0.231. The highest BCUT2D eigenvalue weighted by Crippen LogP contribution is 2.28. The molecule has 0 aliphatic carbocycles. The molecule has 0 radical (unpaired) electrons. The number of aromatic amines is 1. The van der Waals surface area contributed by atoms with E-state index in [2.05, 4.69) is 69.5 Å². The summed E-state index contributed by atoms with van der Waals surface area (Å²) in [4.78, 5) is 15.6. The molecule has 1 saturated heterocycles. The number of imidazole rings is 1. The number of benzene rings is 2. The highest BCUT2D eigenvalue weighted by atomic mass is 15.1. The zero-order valence-corrected chi connectivity index (χ0v) is 17.0. The third-order valence-corrected chi connectivity index (χ3v) is 5.87. The van der Waals surface area contributed by atoms with Crippen molar-refractivity contribution in [3.8, 4) is 22.5 Å². The Kier molecular flexibility index (Phi) is 5.40. The number of hydrogen-bond donors (Lipinski definition) is 1. The van der Waals surface area contributed by atoms with Crippen LogP contribution in [0, 0.1) is 0 Å². The molecule has 2 aromatic heterocycles. The molecule has 0 unspecified atom stereocenters. The van der Waals surface area contributed by atoms with E-state index in [1.54, 1.807) is 0 Å². The van der Waals surface area contributed by atoms with Crippen molar-refractivity contribution in [3.63, 3.8) is 0 Å². The number of rotatable bonds is 5. The molecule has 0 bridgehead atoms. The molecule has 4 heteroatoms. The fourth-order valence-corrected chi connectivity index (χ4v) is 4.28. The van der Waals surface area contributed by atoms with Gasteiger partial charge in [0, 0.05) is 42.5 Å². The summed E-state index contributed by atoms with van der Waals surface area (Å²) in [6.07, 6.45) is 6.33. The zero-order valence-electron chi connectivity index (χ0n) is 17.0. The number of likely N-dealkylation sites (tertiary alicyclic amines) is 1. The second-order valence-corrected chi connectivity index (χ2v) is 8.03. The summed E-state index contributed by atoms with van der Waals surface area (Å²) in [5.41, 5.74) is 5.51. The Balaban J connectivity index is 1.28. The Morgan fingerprint density at radius 1 is 0.867 bits per heavy atom. The predicted octanol–water partition coefficient (Wildman–Crippen LogP) is 5.52. The summed E-state index contributed by atoms with van der Waals surface area (Å²) in [6.45, 7) is 3.21. The third kappa shape index (κ3) is 4.19. The van der Waals surface area contributed by atoms with Gasteiger partial charge < -0.3 is 4.98 Å². The minimum absolute atomic E-state index is 0.452. The normalized spacial score (nSPS) is 17.1. The number of pyridine rings is 1. The lowest BCUT2D eigenvalue weighted by atomic mass is 9.97. The van der Waals surface area contributed by atoms with Crippen molar-refractivity contribution in [2.24, 2.45) is 0 Å². The molecular weight excluding hydrogens is 368 g/mol. The van der Waals surface area contributed by atoms with E-state index in [1.807, 2.05) is 30.6 Å². The smallest absolute Gasteiger partial charge is 0.111 e. The van der Waals surface area contributed by atoms with E-state index >= 15 is 0 Å². The van der Waals surface area contributed by atoms with E-state index in [0.29, 0.717) is 5.92 Å². The van der Waals surface area contributed by atoms with Crippen molar-refractivity contribution in [1.82, 2.24) is 19.9 Å². The maximum Gasteiger partial charge on any atom is 0.111 e. The lowest BCUT2D eigenvalue weighted by molar-refractivity contribution is 0.197. The van der Waals surface area contributed by atoms with E-state index in [9.17, 15) is 0 Å². The molecule has 4 aromatic rings. The van der Waals surface area contributed by atoms with Crippen molar-refractivity contribution < 1.29 is 0 Å². The van der Waals surface area contributed by atoms with Gasteiger partial charge in [-0.15, -0.1) is 0 Å². The standard InChI is InChI=1S/C26H26N4/c1-3-8-20(9-4-1)18-30-15-7-12-23(19-30)26-28-17-25(29-26)22-13-14-24(27-16-22)21-10-5-2-6-11-21/h1-6,8-11,13-14,16-17,23H,7,12,15,18-19H2,(H,28,29)/t23-/m1/s1. The van der Waals surface area contributed by atoms with Gasteiger partial charge in [-0.25, -0.2) is 4.98 Å². The Bertz CT molecular complexity index is 1070. The fourth-order valence-electron chi connectivity index (χ4n) is 4.28. The van der Waals surface area contributed by atoms with Crippen LogP contribution in [0.3, 0.4) is 0 Å². The Hall–Kier alpha value is -3.24. The van der Waals surface area contributed by atoms with Crippen LogP contribution in [0.25, 0.3) is 22.5 Å². The maximum atomic E-state index is 4.93. The number of hydrogen-bond acceptors (Lipinski definition) is 3. The van der Waals surface area contributed by atoms with Crippen molar-refractivity contribution >= 4 is 0 Å². The summed E-state index contributed by atoms with van der Waals surface area (Å²) < 4.78 is 0. The molecule has 1 fully saturated rings. The maximum absolute atomic E-state index is 4.93. The van der Waals surface area contributed by atoms with Crippen LogP contribution in [0.5, 0.6) is 0 Å². The summed E-state index contributed by atoms with van der Waals surface area (Å²) in [7, 11) is 0. The molecule has 4 nitrogen and oxygen atoms in total. The van der Waals surface area contributed by atoms with Crippen LogP contribution in [0.2, 0.25) is 0 Å². The molecular formula is C26H26N4. The number of nitrogens with zero attached hydrogens (tertiary/aromatic N) is 3. The SMILES string of the molecule is c1ccc(CN2CCC[C@@H](c3nc(-c4ccc(-c5ccccc5)nc4)c[nH]3)C2)cc1. The van der Waals surface area contributed by atoms with Gasteiger partial charge in [0.05, 0.1) is 11.4 Å². The first-order valence-corrected chi connectivity index (χ1v) is 10.7. The van der Waals surface area contributed by atoms with Crippen LogP contribution in [-0.4, -0.2) is 32.9 Å². The first-order chi connectivity index (χ1) is 14.8. The number of aromatic nitrogens is 3.